The first-order valence-corrected chi connectivity index (χ1v) is 6.37. The van der Waals surface area contributed by atoms with Crippen molar-refractivity contribution in [3.63, 3.8) is 0 Å². The van der Waals surface area contributed by atoms with Crippen LogP contribution in [0, 0.1) is 5.82 Å². The minimum Gasteiger partial charge on any atom is -0.449 e. The highest BCUT2D eigenvalue weighted by Gasteiger charge is 2.19. The van der Waals surface area contributed by atoms with Gasteiger partial charge in [0.2, 0.25) is 5.78 Å². The van der Waals surface area contributed by atoms with Gasteiger partial charge in [0.1, 0.15) is 5.69 Å². The quantitative estimate of drug-likeness (QED) is 0.680. The largest absolute Gasteiger partial charge is 0.449 e. The van der Waals surface area contributed by atoms with E-state index in [0.29, 0.717) is 17.5 Å². The van der Waals surface area contributed by atoms with Crippen molar-refractivity contribution < 1.29 is 13.6 Å². The van der Waals surface area contributed by atoms with E-state index in [4.69, 9.17) is 4.42 Å². The Hall–Kier alpha value is -2.49. The second-order valence-electron chi connectivity index (χ2n) is 4.46. The van der Waals surface area contributed by atoms with Crippen LogP contribution < -0.4 is 0 Å². The topological polar surface area (TPSA) is 43.1 Å². The molecule has 1 aromatic carbocycles. The van der Waals surface area contributed by atoms with Crippen molar-refractivity contribution in [1.82, 2.24) is 4.98 Å². The van der Waals surface area contributed by atoms with Crippen molar-refractivity contribution in [1.29, 1.82) is 0 Å². The maximum Gasteiger partial charge on any atom is 0.246 e. The van der Waals surface area contributed by atoms with Crippen LogP contribution in [0.1, 0.15) is 28.7 Å². The van der Waals surface area contributed by atoms with Gasteiger partial charge >= 0.3 is 0 Å². The van der Waals surface area contributed by atoms with Gasteiger partial charge in [-0.2, -0.15) is 0 Å². The first kappa shape index (κ1) is 12.5. The van der Waals surface area contributed by atoms with Gasteiger partial charge in [0, 0.05) is 11.6 Å². The van der Waals surface area contributed by atoms with Crippen molar-refractivity contribution in [3.05, 3.63) is 65.4 Å². The molecule has 0 saturated carbocycles. The smallest absolute Gasteiger partial charge is 0.246 e. The molecule has 0 bridgehead atoms. The van der Waals surface area contributed by atoms with Gasteiger partial charge in [-0.3, -0.25) is 9.78 Å². The number of benzene rings is 1. The van der Waals surface area contributed by atoms with Gasteiger partial charge in [0.25, 0.3) is 0 Å². The molecule has 0 spiro atoms. The molecule has 0 fully saturated rings. The second kappa shape index (κ2) is 4.89. The highest BCUT2D eigenvalue weighted by molar-refractivity contribution is 6.08. The lowest BCUT2D eigenvalue weighted by Crippen LogP contribution is -2.06. The molecular weight excluding hydrogens is 257 g/mol. The first-order valence-electron chi connectivity index (χ1n) is 6.37. The third-order valence-electron chi connectivity index (χ3n) is 3.21. The van der Waals surface area contributed by atoms with Gasteiger partial charge in [-0.15, -0.1) is 0 Å². The molecule has 0 saturated heterocycles. The Balaban J connectivity index is 2.11. The monoisotopic (exact) mass is 269 g/mol. The van der Waals surface area contributed by atoms with Gasteiger partial charge in [-0.25, -0.2) is 4.39 Å². The lowest BCUT2D eigenvalue weighted by molar-refractivity contribution is 0.101. The molecule has 3 aromatic rings. The zero-order valence-electron chi connectivity index (χ0n) is 10.9. The van der Waals surface area contributed by atoms with Crippen molar-refractivity contribution in [3.8, 4) is 0 Å². The number of hydrogen-bond acceptors (Lipinski definition) is 3. The van der Waals surface area contributed by atoms with Crippen molar-refractivity contribution in [2.45, 2.75) is 13.3 Å². The summed E-state index contributed by atoms with van der Waals surface area (Å²) in [5.74, 6) is -0.685. The number of pyridine rings is 1. The van der Waals surface area contributed by atoms with Gasteiger partial charge in [-0.05, 0) is 30.2 Å². The zero-order chi connectivity index (χ0) is 14.1. The van der Waals surface area contributed by atoms with E-state index in [1.807, 2.05) is 13.0 Å². The summed E-state index contributed by atoms with van der Waals surface area (Å²) in [6.07, 6.45) is 2.26. The number of aromatic nitrogens is 1. The number of para-hydroxylation sites is 1. The summed E-state index contributed by atoms with van der Waals surface area (Å²) < 4.78 is 18.9. The van der Waals surface area contributed by atoms with Gasteiger partial charge in [-0.1, -0.05) is 25.1 Å². The van der Waals surface area contributed by atoms with E-state index >= 15 is 0 Å². The van der Waals surface area contributed by atoms with Crippen LogP contribution in [-0.4, -0.2) is 10.8 Å². The van der Waals surface area contributed by atoms with E-state index in [2.05, 4.69) is 4.98 Å². The first-order chi connectivity index (χ1) is 9.70. The second-order valence-corrected chi connectivity index (χ2v) is 4.46. The average molecular weight is 269 g/mol. The van der Waals surface area contributed by atoms with E-state index in [1.165, 1.54) is 6.07 Å². The molecule has 0 N–H and O–H groups in total. The number of carbonyl (C=O) groups is 1. The zero-order valence-corrected chi connectivity index (χ0v) is 10.9. The molecule has 100 valence electrons. The number of halogens is 1. The molecule has 0 radical (unpaired) electrons. The number of furan rings is 1. The fourth-order valence-corrected chi connectivity index (χ4v) is 2.18. The summed E-state index contributed by atoms with van der Waals surface area (Å²) in [6, 6.07) is 9.78. The van der Waals surface area contributed by atoms with Crippen LogP contribution in [0.5, 0.6) is 0 Å². The highest BCUT2D eigenvalue weighted by Crippen LogP contribution is 2.24. The van der Waals surface area contributed by atoms with Crippen LogP contribution in [0.25, 0.3) is 11.0 Å². The number of hydrogen-bond donors (Lipinski definition) is 0. The number of nitrogens with zero attached hydrogens (tertiary/aromatic N) is 1. The minimum absolute atomic E-state index is 0.102. The van der Waals surface area contributed by atoms with Gasteiger partial charge < -0.3 is 4.42 Å². The molecule has 0 aliphatic rings. The van der Waals surface area contributed by atoms with E-state index in [-0.39, 0.29) is 17.1 Å². The molecule has 0 aliphatic heterocycles. The van der Waals surface area contributed by atoms with E-state index < -0.39 is 5.82 Å². The number of aryl methyl sites for hydroxylation is 1. The number of ketones is 1. The molecule has 2 aromatic heterocycles. The predicted octanol–water partition coefficient (Wildman–Crippen LogP) is 3.76. The summed E-state index contributed by atoms with van der Waals surface area (Å²) in [5.41, 5.74) is 1.30. The predicted molar refractivity (Wildman–Crippen MR) is 73.2 cm³/mol. The summed E-state index contributed by atoms with van der Waals surface area (Å²) >= 11 is 0. The third kappa shape index (κ3) is 1.99. The molecule has 0 unspecified atom stereocenters. The van der Waals surface area contributed by atoms with Crippen LogP contribution in [0.4, 0.5) is 4.39 Å². The molecule has 3 nitrogen and oxygen atoms in total. The van der Waals surface area contributed by atoms with Crippen LogP contribution in [-0.2, 0) is 6.42 Å². The van der Waals surface area contributed by atoms with Gasteiger partial charge in [0.05, 0.1) is 0 Å². The molecular formula is C16H12FNO2. The molecule has 20 heavy (non-hydrogen) atoms. The Kier molecular flexibility index (Phi) is 3.06. The Morgan fingerprint density at radius 2 is 2.15 bits per heavy atom. The van der Waals surface area contributed by atoms with Crippen LogP contribution in [0.3, 0.4) is 0 Å². The number of rotatable bonds is 3. The molecule has 4 heteroatoms. The summed E-state index contributed by atoms with van der Waals surface area (Å²) in [6.45, 7) is 1.95. The summed E-state index contributed by atoms with van der Waals surface area (Å²) in [4.78, 5) is 16.5. The maximum atomic E-state index is 13.6. The number of fused-ring (bicyclic) bond motifs is 1. The van der Waals surface area contributed by atoms with Crippen molar-refractivity contribution in [2.24, 2.45) is 0 Å². The Labute approximate surface area is 115 Å². The van der Waals surface area contributed by atoms with E-state index in [1.54, 1.807) is 30.5 Å². The lowest BCUT2D eigenvalue weighted by atomic mass is 10.1. The third-order valence-corrected chi connectivity index (χ3v) is 3.21. The fraction of sp³-hybridized carbons (Fsp3) is 0.125. The highest BCUT2D eigenvalue weighted by atomic mass is 19.1. The normalized spacial score (nSPS) is 10.9. The fourth-order valence-electron chi connectivity index (χ4n) is 2.18. The van der Waals surface area contributed by atoms with Crippen LogP contribution in [0.15, 0.2) is 47.0 Å². The van der Waals surface area contributed by atoms with Crippen LogP contribution in [0.2, 0.25) is 0 Å². The van der Waals surface area contributed by atoms with E-state index in [9.17, 15) is 9.18 Å². The molecule has 0 aliphatic carbocycles. The Bertz CT molecular complexity index is 792. The average Bonchev–Trinajstić information content (AvgIpc) is 2.92. The standard InChI is InChI=1S/C16H12FNO2/c1-2-10-6-4-8-18-14(10)15(19)13-9-11-5-3-7-12(17)16(11)20-13/h3-9H,2H2,1H3. The molecule has 2 heterocycles. The maximum absolute atomic E-state index is 13.6. The van der Waals surface area contributed by atoms with Crippen molar-refractivity contribution in [2.75, 3.05) is 0 Å². The molecule has 0 amide bonds. The minimum atomic E-state index is -0.474. The van der Waals surface area contributed by atoms with Crippen LogP contribution >= 0.6 is 0 Å². The summed E-state index contributed by atoms with van der Waals surface area (Å²) in [5, 5.41) is 0.572. The van der Waals surface area contributed by atoms with E-state index in [0.717, 1.165) is 5.56 Å². The lowest BCUT2D eigenvalue weighted by Gasteiger charge is -2.02. The number of carbonyl (C=O) groups excluding carboxylic acids is 1. The SMILES string of the molecule is CCc1cccnc1C(=O)c1cc2cccc(F)c2o1. The van der Waals surface area contributed by atoms with Gasteiger partial charge in [0.15, 0.2) is 17.2 Å². The Morgan fingerprint density at radius 1 is 1.30 bits per heavy atom. The summed E-state index contributed by atoms with van der Waals surface area (Å²) in [7, 11) is 0. The Morgan fingerprint density at radius 3 is 2.90 bits per heavy atom. The van der Waals surface area contributed by atoms with Crippen molar-refractivity contribution >= 4 is 16.8 Å². The molecule has 0 atom stereocenters. The molecule has 3 rings (SSSR count).